The summed E-state index contributed by atoms with van der Waals surface area (Å²) >= 11 is 0. The van der Waals surface area contributed by atoms with Crippen molar-refractivity contribution in [3.05, 3.63) is 5.89 Å². The van der Waals surface area contributed by atoms with Crippen LogP contribution in [0.3, 0.4) is 0 Å². The highest BCUT2D eigenvalue weighted by Crippen LogP contribution is 2.21. The molecule has 0 spiro atoms. The highest BCUT2D eigenvalue weighted by Gasteiger charge is 2.23. The Balaban J connectivity index is 2.74. The first kappa shape index (κ1) is 13.1. The maximum Gasteiger partial charge on any atom is 0.331 e. The molecule has 1 N–H and O–H groups in total. The van der Waals surface area contributed by atoms with E-state index >= 15 is 0 Å². The topological polar surface area (TPSA) is 88.3 Å². The van der Waals surface area contributed by atoms with E-state index in [4.69, 9.17) is 4.42 Å². The van der Waals surface area contributed by atoms with E-state index in [1.165, 1.54) is 14.0 Å². The third-order valence-corrected chi connectivity index (χ3v) is 2.06. The zero-order valence-corrected chi connectivity index (χ0v) is 10.6. The lowest BCUT2D eigenvalue weighted by atomic mass is 9.97. The summed E-state index contributed by atoms with van der Waals surface area (Å²) in [5, 5.41) is 9.83. The number of carbonyl (C=O) groups excluding carboxylic acids is 2. The van der Waals surface area contributed by atoms with Crippen molar-refractivity contribution in [2.45, 2.75) is 33.1 Å². The number of amides is 3. The highest BCUT2D eigenvalue weighted by atomic mass is 16.4. The fourth-order valence-corrected chi connectivity index (χ4v) is 0.895. The van der Waals surface area contributed by atoms with Gasteiger partial charge in [0, 0.05) is 19.4 Å². The van der Waals surface area contributed by atoms with E-state index in [2.05, 4.69) is 15.5 Å². The van der Waals surface area contributed by atoms with Crippen molar-refractivity contribution in [3.8, 4) is 0 Å². The second-order valence-corrected chi connectivity index (χ2v) is 4.67. The Kier molecular flexibility index (Phi) is 3.50. The number of imide groups is 1. The molecule has 0 aromatic carbocycles. The molecule has 0 radical (unpaired) electrons. The summed E-state index contributed by atoms with van der Waals surface area (Å²) in [7, 11) is 1.36. The summed E-state index contributed by atoms with van der Waals surface area (Å²) in [6.45, 7) is 7.02. The quantitative estimate of drug-likeness (QED) is 0.801. The summed E-state index contributed by atoms with van der Waals surface area (Å²) in [6, 6.07) is -0.630. The minimum absolute atomic E-state index is 0.0203. The fraction of sp³-hybridized carbons (Fsp3) is 0.600. The van der Waals surface area contributed by atoms with Gasteiger partial charge in [0.25, 0.3) is 0 Å². The number of hydrogen-bond donors (Lipinski definition) is 1. The third kappa shape index (κ3) is 3.27. The van der Waals surface area contributed by atoms with E-state index in [0.29, 0.717) is 5.89 Å². The molecule has 17 heavy (non-hydrogen) atoms. The Bertz CT molecular complexity index is 433. The van der Waals surface area contributed by atoms with Gasteiger partial charge in [0.2, 0.25) is 11.8 Å². The van der Waals surface area contributed by atoms with E-state index in [1.54, 1.807) is 0 Å². The number of nitrogens with zero attached hydrogens (tertiary/aromatic N) is 3. The Morgan fingerprint density at radius 3 is 2.29 bits per heavy atom. The molecule has 94 valence electrons. The molecule has 1 aromatic rings. The number of nitrogens with one attached hydrogen (secondary N) is 1. The molecule has 0 atom stereocenters. The molecule has 1 aromatic heterocycles. The summed E-state index contributed by atoms with van der Waals surface area (Å²) in [5.41, 5.74) is -0.289. The average molecular weight is 240 g/mol. The lowest BCUT2D eigenvalue weighted by molar-refractivity contribution is -0.124. The van der Waals surface area contributed by atoms with Gasteiger partial charge in [0.05, 0.1) is 0 Å². The molecule has 0 aliphatic heterocycles. The van der Waals surface area contributed by atoms with Crippen LogP contribution < -0.4 is 5.32 Å². The number of anilines is 1. The van der Waals surface area contributed by atoms with Crippen LogP contribution >= 0.6 is 0 Å². The van der Waals surface area contributed by atoms with E-state index in [1.807, 2.05) is 20.8 Å². The normalized spacial score (nSPS) is 11.1. The SMILES string of the molecule is CC(=O)N(C)C(=O)Nc1nnc(C(C)(C)C)o1. The Morgan fingerprint density at radius 1 is 1.29 bits per heavy atom. The number of rotatable bonds is 1. The first-order valence-corrected chi connectivity index (χ1v) is 5.11. The molecule has 1 rings (SSSR count). The average Bonchev–Trinajstić information content (AvgIpc) is 2.64. The minimum atomic E-state index is -0.610. The molecule has 0 unspecified atom stereocenters. The van der Waals surface area contributed by atoms with Crippen molar-refractivity contribution in [3.63, 3.8) is 0 Å². The molecular formula is C10H16N4O3. The van der Waals surface area contributed by atoms with Gasteiger partial charge in [0.15, 0.2) is 0 Å². The molecule has 0 aliphatic rings. The zero-order chi connectivity index (χ0) is 13.2. The smallest absolute Gasteiger partial charge is 0.331 e. The zero-order valence-electron chi connectivity index (χ0n) is 10.6. The van der Waals surface area contributed by atoms with Gasteiger partial charge in [-0.2, -0.15) is 0 Å². The second kappa shape index (κ2) is 4.52. The fourth-order valence-electron chi connectivity index (χ4n) is 0.895. The van der Waals surface area contributed by atoms with Gasteiger partial charge in [-0.15, -0.1) is 5.10 Å². The van der Waals surface area contributed by atoms with Crippen LogP contribution in [-0.4, -0.2) is 34.1 Å². The summed E-state index contributed by atoms with van der Waals surface area (Å²) < 4.78 is 5.26. The van der Waals surface area contributed by atoms with Gasteiger partial charge in [-0.25, -0.2) is 4.79 Å². The molecule has 1 heterocycles. The van der Waals surface area contributed by atoms with Gasteiger partial charge in [-0.3, -0.25) is 15.0 Å². The number of aromatic nitrogens is 2. The van der Waals surface area contributed by atoms with Gasteiger partial charge in [0.1, 0.15) is 0 Å². The summed E-state index contributed by atoms with van der Waals surface area (Å²) in [5.74, 6) is 0.0383. The van der Waals surface area contributed by atoms with Crippen molar-refractivity contribution in [2.24, 2.45) is 0 Å². The lowest BCUT2D eigenvalue weighted by Gasteiger charge is -2.12. The summed E-state index contributed by atoms with van der Waals surface area (Å²) in [4.78, 5) is 23.3. The maximum atomic E-state index is 11.5. The molecule has 7 nitrogen and oxygen atoms in total. The van der Waals surface area contributed by atoms with Crippen LogP contribution in [-0.2, 0) is 10.2 Å². The number of urea groups is 1. The first-order valence-electron chi connectivity index (χ1n) is 5.11. The van der Waals surface area contributed by atoms with Crippen LogP contribution in [0.5, 0.6) is 0 Å². The van der Waals surface area contributed by atoms with Crippen LogP contribution in [0.4, 0.5) is 10.8 Å². The molecule has 0 bridgehead atoms. The molecule has 7 heteroatoms. The van der Waals surface area contributed by atoms with Crippen molar-refractivity contribution in [1.82, 2.24) is 15.1 Å². The third-order valence-electron chi connectivity index (χ3n) is 2.06. The molecular weight excluding hydrogens is 224 g/mol. The van der Waals surface area contributed by atoms with Crippen molar-refractivity contribution in [2.75, 3.05) is 12.4 Å². The second-order valence-electron chi connectivity index (χ2n) is 4.67. The van der Waals surface area contributed by atoms with Gasteiger partial charge in [-0.05, 0) is 0 Å². The molecule has 0 aliphatic carbocycles. The van der Waals surface area contributed by atoms with Crippen LogP contribution in [0.1, 0.15) is 33.6 Å². The van der Waals surface area contributed by atoms with Crippen LogP contribution in [0.25, 0.3) is 0 Å². The predicted octanol–water partition coefficient (Wildman–Crippen LogP) is 1.38. The van der Waals surface area contributed by atoms with Gasteiger partial charge in [-0.1, -0.05) is 25.9 Å². The molecule has 0 saturated heterocycles. The Morgan fingerprint density at radius 2 is 1.88 bits per heavy atom. The van der Waals surface area contributed by atoms with Crippen molar-refractivity contribution in [1.29, 1.82) is 0 Å². The van der Waals surface area contributed by atoms with E-state index in [0.717, 1.165) is 4.90 Å². The molecule has 0 saturated carbocycles. The highest BCUT2D eigenvalue weighted by molar-refractivity contribution is 5.99. The van der Waals surface area contributed by atoms with Crippen LogP contribution in [0.15, 0.2) is 4.42 Å². The molecule has 0 fully saturated rings. The predicted molar refractivity (Wildman–Crippen MR) is 60.5 cm³/mol. The minimum Gasteiger partial charge on any atom is -0.407 e. The summed E-state index contributed by atoms with van der Waals surface area (Å²) in [6.07, 6.45) is 0. The van der Waals surface area contributed by atoms with Crippen molar-refractivity contribution >= 4 is 18.0 Å². The standard InChI is InChI=1S/C10H16N4O3/c1-6(15)14(5)9(16)11-8-13-12-7(17-8)10(2,3)4/h1-5H3,(H,11,13,16). The van der Waals surface area contributed by atoms with E-state index in [9.17, 15) is 9.59 Å². The number of hydrogen-bond acceptors (Lipinski definition) is 5. The Labute approximate surface area is 99.2 Å². The monoisotopic (exact) mass is 240 g/mol. The van der Waals surface area contributed by atoms with Gasteiger partial charge >= 0.3 is 12.0 Å². The molecule has 3 amide bonds. The van der Waals surface area contributed by atoms with E-state index in [-0.39, 0.29) is 17.3 Å². The largest absolute Gasteiger partial charge is 0.407 e. The van der Waals surface area contributed by atoms with Crippen LogP contribution in [0.2, 0.25) is 0 Å². The lowest BCUT2D eigenvalue weighted by Crippen LogP contribution is -2.35. The van der Waals surface area contributed by atoms with Crippen LogP contribution in [0, 0.1) is 0 Å². The Hall–Kier alpha value is -1.92. The number of carbonyl (C=O) groups is 2. The van der Waals surface area contributed by atoms with Crippen molar-refractivity contribution < 1.29 is 14.0 Å². The van der Waals surface area contributed by atoms with E-state index < -0.39 is 6.03 Å². The van der Waals surface area contributed by atoms with Gasteiger partial charge < -0.3 is 4.42 Å². The maximum absolute atomic E-state index is 11.5. The first-order chi connectivity index (χ1) is 7.71.